The monoisotopic (exact) mass is 141 g/mol. The smallest absolute Gasteiger partial charge is 0.129 e. The molecular weight excluding hydrogens is 126 g/mol. The van der Waals surface area contributed by atoms with E-state index in [1.54, 1.807) is 0 Å². The summed E-state index contributed by atoms with van der Waals surface area (Å²) in [6.07, 6.45) is 3.50. The first-order valence-corrected chi connectivity index (χ1v) is 3.75. The maximum absolute atomic E-state index is 5.51. The molecule has 0 radical (unpaired) electrons. The normalized spacial score (nSPS) is 26.5. The van der Waals surface area contributed by atoms with Crippen molar-refractivity contribution >= 4 is 0 Å². The van der Waals surface area contributed by atoms with Crippen LogP contribution in [0.25, 0.3) is 0 Å². The largest absolute Gasteiger partial charge is 0.355 e. The standard InChI is InChI=1S/C8H15NO/c1-4-8-9(3)5-7(2)6-10-8/h5,8H,4,6H2,1-3H3. The van der Waals surface area contributed by atoms with E-state index in [0.717, 1.165) is 13.0 Å². The highest BCUT2D eigenvalue weighted by Gasteiger charge is 2.14. The van der Waals surface area contributed by atoms with Crippen molar-refractivity contribution in [2.75, 3.05) is 13.7 Å². The Morgan fingerprint density at radius 3 is 3.00 bits per heavy atom. The molecule has 0 amide bonds. The summed E-state index contributed by atoms with van der Waals surface area (Å²) in [5.74, 6) is 0. The molecule has 1 heterocycles. The van der Waals surface area contributed by atoms with Crippen LogP contribution >= 0.6 is 0 Å². The van der Waals surface area contributed by atoms with E-state index < -0.39 is 0 Å². The number of rotatable bonds is 1. The van der Waals surface area contributed by atoms with Crippen LogP contribution in [0.2, 0.25) is 0 Å². The van der Waals surface area contributed by atoms with E-state index in [1.807, 2.05) is 0 Å². The van der Waals surface area contributed by atoms with Crippen LogP contribution in [-0.2, 0) is 4.74 Å². The van der Waals surface area contributed by atoms with Gasteiger partial charge in [0.1, 0.15) is 6.23 Å². The van der Waals surface area contributed by atoms with Gasteiger partial charge >= 0.3 is 0 Å². The highest BCUT2D eigenvalue weighted by Crippen LogP contribution is 2.12. The molecule has 0 N–H and O–H groups in total. The summed E-state index contributed by atoms with van der Waals surface area (Å²) in [7, 11) is 2.05. The average molecular weight is 141 g/mol. The molecule has 1 atom stereocenters. The number of hydrogen-bond donors (Lipinski definition) is 0. The number of hydrogen-bond acceptors (Lipinski definition) is 2. The van der Waals surface area contributed by atoms with Gasteiger partial charge in [0.15, 0.2) is 0 Å². The molecule has 1 rings (SSSR count). The van der Waals surface area contributed by atoms with Crippen LogP contribution in [0.5, 0.6) is 0 Å². The van der Waals surface area contributed by atoms with E-state index in [1.165, 1.54) is 5.57 Å². The van der Waals surface area contributed by atoms with Crippen LogP contribution in [0.1, 0.15) is 20.3 Å². The summed E-state index contributed by atoms with van der Waals surface area (Å²) in [4.78, 5) is 2.12. The molecule has 0 spiro atoms. The molecule has 1 aliphatic heterocycles. The van der Waals surface area contributed by atoms with Crippen molar-refractivity contribution in [1.29, 1.82) is 0 Å². The average Bonchev–Trinajstić information content (AvgIpc) is 1.88. The first kappa shape index (κ1) is 7.61. The highest BCUT2D eigenvalue weighted by atomic mass is 16.5. The number of nitrogens with zero attached hydrogens (tertiary/aromatic N) is 1. The van der Waals surface area contributed by atoms with E-state index in [2.05, 4.69) is 32.0 Å². The lowest BCUT2D eigenvalue weighted by atomic mass is 10.3. The van der Waals surface area contributed by atoms with Gasteiger partial charge in [0, 0.05) is 13.2 Å². The van der Waals surface area contributed by atoms with Crippen molar-refractivity contribution < 1.29 is 4.74 Å². The molecule has 0 aromatic rings. The van der Waals surface area contributed by atoms with Crippen LogP contribution in [0.3, 0.4) is 0 Å². The van der Waals surface area contributed by atoms with Crippen molar-refractivity contribution in [1.82, 2.24) is 4.90 Å². The lowest BCUT2D eigenvalue weighted by Crippen LogP contribution is -2.33. The second kappa shape index (κ2) is 3.06. The third-order valence-electron chi connectivity index (χ3n) is 1.73. The van der Waals surface area contributed by atoms with Gasteiger partial charge in [0.25, 0.3) is 0 Å². The maximum atomic E-state index is 5.51. The van der Waals surface area contributed by atoms with Crippen LogP contribution in [-0.4, -0.2) is 24.8 Å². The molecule has 0 saturated heterocycles. The van der Waals surface area contributed by atoms with Gasteiger partial charge in [-0.3, -0.25) is 0 Å². The summed E-state index contributed by atoms with van der Waals surface area (Å²) >= 11 is 0. The molecule has 2 nitrogen and oxygen atoms in total. The van der Waals surface area contributed by atoms with Gasteiger partial charge in [0.05, 0.1) is 6.61 Å². The fourth-order valence-electron chi connectivity index (χ4n) is 1.22. The molecule has 0 bridgehead atoms. The predicted octanol–water partition coefficient (Wildman–Crippen LogP) is 1.59. The van der Waals surface area contributed by atoms with Gasteiger partial charge in [-0.2, -0.15) is 0 Å². The minimum Gasteiger partial charge on any atom is -0.355 e. The van der Waals surface area contributed by atoms with Crippen molar-refractivity contribution in [3.63, 3.8) is 0 Å². The molecule has 10 heavy (non-hydrogen) atoms. The van der Waals surface area contributed by atoms with E-state index in [0.29, 0.717) is 6.23 Å². The second-order valence-electron chi connectivity index (χ2n) is 2.81. The fourth-order valence-corrected chi connectivity index (χ4v) is 1.22. The Kier molecular flexibility index (Phi) is 2.33. The SMILES string of the molecule is CCC1OCC(C)=CN1C. The molecule has 0 aliphatic carbocycles. The molecule has 0 aromatic heterocycles. The lowest BCUT2D eigenvalue weighted by molar-refractivity contribution is -0.0314. The van der Waals surface area contributed by atoms with Crippen LogP contribution < -0.4 is 0 Å². The Balaban J connectivity index is 2.55. The van der Waals surface area contributed by atoms with Gasteiger partial charge in [-0.15, -0.1) is 0 Å². The first-order chi connectivity index (χ1) is 4.74. The minimum atomic E-state index is 0.295. The van der Waals surface area contributed by atoms with Crippen molar-refractivity contribution in [2.24, 2.45) is 0 Å². The molecule has 2 heteroatoms. The Morgan fingerprint density at radius 2 is 2.50 bits per heavy atom. The van der Waals surface area contributed by atoms with E-state index in [9.17, 15) is 0 Å². The van der Waals surface area contributed by atoms with E-state index >= 15 is 0 Å². The highest BCUT2D eigenvalue weighted by molar-refractivity contribution is 5.00. The third kappa shape index (κ3) is 1.51. The number of ether oxygens (including phenoxy) is 1. The predicted molar refractivity (Wildman–Crippen MR) is 41.6 cm³/mol. The zero-order valence-electron chi connectivity index (χ0n) is 6.92. The van der Waals surface area contributed by atoms with Gasteiger partial charge in [-0.1, -0.05) is 6.92 Å². The van der Waals surface area contributed by atoms with Crippen molar-refractivity contribution in [3.8, 4) is 0 Å². The zero-order valence-corrected chi connectivity index (χ0v) is 6.92. The summed E-state index contributed by atoms with van der Waals surface area (Å²) in [5.41, 5.74) is 1.30. The lowest BCUT2D eigenvalue weighted by Gasteiger charge is -2.30. The molecule has 1 aliphatic rings. The van der Waals surface area contributed by atoms with Crippen LogP contribution in [0.15, 0.2) is 11.8 Å². The second-order valence-corrected chi connectivity index (χ2v) is 2.81. The summed E-state index contributed by atoms with van der Waals surface area (Å²) in [6, 6.07) is 0. The summed E-state index contributed by atoms with van der Waals surface area (Å²) in [5, 5.41) is 0. The van der Waals surface area contributed by atoms with Crippen molar-refractivity contribution in [2.45, 2.75) is 26.5 Å². The van der Waals surface area contributed by atoms with Gasteiger partial charge in [0.2, 0.25) is 0 Å². The molecule has 0 fully saturated rings. The third-order valence-corrected chi connectivity index (χ3v) is 1.73. The van der Waals surface area contributed by atoms with Crippen LogP contribution in [0, 0.1) is 0 Å². The van der Waals surface area contributed by atoms with Gasteiger partial charge in [-0.25, -0.2) is 0 Å². The van der Waals surface area contributed by atoms with Crippen LogP contribution in [0.4, 0.5) is 0 Å². The Bertz CT molecular complexity index is 142. The molecule has 0 aromatic carbocycles. The van der Waals surface area contributed by atoms with E-state index in [4.69, 9.17) is 4.74 Å². The topological polar surface area (TPSA) is 12.5 Å². The Labute approximate surface area is 62.5 Å². The minimum absolute atomic E-state index is 0.295. The van der Waals surface area contributed by atoms with E-state index in [-0.39, 0.29) is 0 Å². The van der Waals surface area contributed by atoms with Gasteiger partial charge in [-0.05, 0) is 18.9 Å². The quantitative estimate of drug-likeness (QED) is 0.550. The Morgan fingerprint density at radius 1 is 1.80 bits per heavy atom. The molecule has 0 saturated carbocycles. The molecule has 58 valence electrons. The summed E-state index contributed by atoms with van der Waals surface area (Å²) in [6.45, 7) is 5.01. The summed E-state index contributed by atoms with van der Waals surface area (Å²) < 4.78 is 5.51. The van der Waals surface area contributed by atoms with Crippen molar-refractivity contribution in [3.05, 3.63) is 11.8 Å². The fraction of sp³-hybridized carbons (Fsp3) is 0.750. The zero-order chi connectivity index (χ0) is 7.56. The first-order valence-electron chi connectivity index (χ1n) is 3.75. The molecular formula is C8H15NO. The maximum Gasteiger partial charge on any atom is 0.129 e. The van der Waals surface area contributed by atoms with Gasteiger partial charge < -0.3 is 9.64 Å². The Hall–Kier alpha value is -0.500. The molecule has 1 unspecified atom stereocenters.